The first-order valence-corrected chi connectivity index (χ1v) is 14.3. The van der Waals surface area contributed by atoms with Crippen LogP contribution in [0, 0.1) is 0 Å². The van der Waals surface area contributed by atoms with Crippen LogP contribution in [0.5, 0.6) is 11.5 Å². The maximum Gasteiger partial charge on any atom is 0.252 e. The van der Waals surface area contributed by atoms with Crippen molar-refractivity contribution < 1.29 is 22.6 Å². The normalized spacial score (nSPS) is 18.2. The van der Waals surface area contributed by atoms with Gasteiger partial charge in [0, 0.05) is 32.5 Å². The van der Waals surface area contributed by atoms with Crippen LogP contribution in [-0.4, -0.2) is 45.2 Å². The van der Waals surface area contributed by atoms with Crippen molar-refractivity contribution in [2.75, 3.05) is 20.3 Å². The molecule has 1 aliphatic carbocycles. The fraction of sp³-hybridized carbons (Fsp3) is 0.385. The van der Waals surface area contributed by atoms with Gasteiger partial charge in [0.2, 0.25) is 0 Å². The van der Waals surface area contributed by atoms with E-state index < -0.39 is 10.0 Å². The number of rotatable bonds is 9. The molecule has 0 N–H and O–H groups in total. The highest BCUT2D eigenvalue weighted by Gasteiger charge is 2.31. The Bertz CT molecular complexity index is 1260. The molecule has 0 bridgehead atoms. The van der Waals surface area contributed by atoms with E-state index in [2.05, 4.69) is 24.3 Å². The molecular formula is C26H28ClNO5S2. The molecule has 3 aromatic rings. The largest absolute Gasteiger partial charge is 0.493 e. The molecule has 2 heterocycles. The predicted octanol–water partition coefficient (Wildman–Crippen LogP) is 5.33. The molecule has 2 aliphatic rings. The molecule has 0 radical (unpaired) electrons. The summed E-state index contributed by atoms with van der Waals surface area (Å²) in [5.41, 5.74) is 3.45. The van der Waals surface area contributed by atoms with Crippen LogP contribution in [0.15, 0.2) is 58.8 Å². The van der Waals surface area contributed by atoms with Gasteiger partial charge in [0.15, 0.2) is 11.5 Å². The lowest BCUT2D eigenvalue weighted by molar-refractivity contribution is 0.0926. The summed E-state index contributed by atoms with van der Waals surface area (Å²) in [7, 11) is -2.13. The van der Waals surface area contributed by atoms with Crippen molar-refractivity contribution in [3.8, 4) is 11.5 Å². The van der Waals surface area contributed by atoms with E-state index in [4.69, 9.17) is 25.8 Å². The van der Waals surface area contributed by atoms with E-state index >= 15 is 0 Å². The van der Waals surface area contributed by atoms with Gasteiger partial charge in [0.1, 0.15) is 10.3 Å². The summed E-state index contributed by atoms with van der Waals surface area (Å²) in [5.74, 6) is 1.25. The highest BCUT2D eigenvalue weighted by molar-refractivity contribution is 7.91. The minimum atomic E-state index is -3.73. The molecule has 0 saturated carbocycles. The fourth-order valence-electron chi connectivity index (χ4n) is 4.72. The van der Waals surface area contributed by atoms with Gasteiger partial charge in [0.05, 0.1) is 17.6 Å². The third-order valence-corrected chi connectivity index (χ3v) is 9.98. The number of hydrogen-bond acceptors (Lipinski definition) is 6. The second-order valence-corrected chi connectivity index (χ2v) is 12.8. The van der Waals surface area contributed by atoms with E-state index in [0.717, 1.165) is 42.6 Å². The molecule has 0 amide bonds. The van der Waals surface area contributed by atoms with Crippen molar-refractivity contribution >= 4 is 33.0 Å². The lowest BCUT2D eigenvalue weighted by Crippen LogP contribution is -2.36. The van der Waals surface area contributed by atoms with Gasteiger partial charge in [-0.3, -0.25) is 0 Å². The smallest absolute Gasteiger partial charge is 0.252 e. The summed E-state index contributed by atoms with van der Waals surface area (Å²) < 4.78 is 46.8. The van der Waals surface area contributed by atoms with Crippen LogP contribution in [0.2, 0.25) is 4.34 Å². The first-order valence-electron chi connectivity index (χ1n) is 11.7. The van der Waals surface area contributed by atoms with E-state index in [9.17, 15) is 8.42 Å². The third kappa shape index (κ3) is 5.52. The monoisotopic (exact) mass is 533 g/mol. The highest BCUT2D eigenvalue weighted by atomic mass is 35.5. The van der Waals surface area contributed by atoms with Crippen molar-refractivity contribution in [1.82, 2.24) is 4.31 Å². The van der Waals surface area contributed by atoms with Gasteiger partial charge in [-0.2, -0.15) is 4.31 Å². The molecule has 1 unspecified atom stereocenters. The number of thiophene rings is 1. The standard InChI is InChI=1S/C26H28ClNO5S2/c1-31-24-13-18(8-9-23(24)33-22-14-19-5-2-3-6-20(19)15-22)16-28(17-21-7-4-12-32-21)35(29,30)26-11-10-25(27)34-26/h2-3,5-6,8-11,13,21-22H,4,7,12,14-17H2,1H3. The number of ether oxygens (including phenoxy) is 3. The molecule has 1 aromatic heterocycles. The molecule has 5 rings (SSSR count). The molecule has 1 saturated heterocycles. The average Bonchev–Trinajstić information content (AvgIpc) is 3.60. The Morgan fingerprint density at radius 1 is 1.09 bits per heavy atom. The van der Waals surface area contributed by atoms with E-state index in [1.54, 1.807) is 19.2 Å². The van der Waals surface area contributed by atoms with Gasteiger partial charge in [-0.25, -0.2) is 8.42 Å². The fourth-order valence-corrected chi connectivity index (χ4v) is 7.82. The second-order valence-electron chi connectivity index (χ2n) is 8.89. The zero-order chi connectivity index (χ0) is 24.4. The van der Waals surface area contributed by atoms with Gasteiger partial charge >= 0.3 is 0 Å². The van der Waals surface area contributed by atoms with E-state index in [1.165, 1.54) is 15.4 Å². The Balaban J connectivity index is 1.35. The topological polar surface area (TPSA) is 65.1 Å². The summed E-state index contributed by atoms with van der Waals surface area (Å²) in [6.07, 6.45) is 3.43. The number of sulfonamides is 1. The molecule has 9 heteroatoms. The van der Waals surface area contributed by atoms with Crippen LogP contribution in [0.3, 0.4) is 0 Å². The van der Waals surface area contributed by atoms with Crippen LogP contribution in [0.1, 0.15) is 29.5 Å². The van der Waals surface area contributed by atoms with Gasteiger partial charge in [-0.1, -0.05) is 41.9 Å². The first-order chi connectivity index (χ1) is 16.9. The second kappa shape index (κ2) is 10.5. The molecule has 6 nitrogen and oxygen atoms in total. The Morgan fingerprint density at radius 2 is 1.86 bits per heavy atom. The van der Waals surface area contributed by atoms with Crippen molar-refractivity contribution in [2.45, 2.75) is 48.6 Å². The molecule has 1 fully saturated rings. The maximum absolute atomic E-state index is 13.5. The Kier molecular flexibility index (Phi) is 7.37. The average molecular weight is 534 g/mol. The number of halogens is 1. The zero-order valence-corrected chi connectivity index (χ0v) is 21.9. The summed E-state index contributed by atoms with van der Waals surface area (Å²) in [5, 5.41) is 0. The predicted molar refractivity (Wildman–Crippen MR) is 137 cm³/mol. The SMILES string of the molecule is COc1cc(CN(CC2CCCO2)S(=O)(=O)c2ccc(Cl)s2)ccc1OC1Cc2ccccc2C1. The zero-order valence-electron chi connectivity index (χ0n) is 19.5. The minimum Gasteiger partial charge on any atom is -0.493 e. The molecule has 1 atom stereocenters. The van der Waals surface area contributed by atoms with Crippen LogP contribution in [0.4, 0.5) is 0 Å². The van der Waals surface area contributed by atoms with Crippen LogP contribution >= 0.6 is 22.9 Å². The minimum absolute atomic E-state index is 0.0483. The van der Waals surface area contributed by atoms with E-state index in [0.29, 0.717) is 29.0 Å². The number of benzene rings is 2. The van der Waals surface area contributed by atoms with Gasteiger partial charge in [-0.05, 0) is 53.8 Å². The van der Waals surface area contributed by atoms with Crippen molar-refractivity contribution in [3.63, 3.8) is 0 Å². The van der Waals surface area contributed by atoms with Crippen LogP contribution in [-0.2, 0) is 34.1 Å². The molecule has 0 spiro atoms. The van der Waals surface area contributed by atoms with Crippen LogP contribution < -0.4 is 9.47 Å². The lowest BCUT2D eigenvalue weighted by Gasteiger charge is -2.25. The molecule has 35 heavy (non-hydrogen) atoms. The first kappa shape index (κ1) is 24.6. The highest BCUT2D eigenvalue weighted by Crippen LogP contribution is 2.34. The van der Waals surface area contributed by atoms with E-state index in [-0.39, 0.29) is 23.0 Å². The lowest BCUT2D eigenvalue weighted by atomic mass is 10.1. The molecule has 2 aromatic carbocycles. The quantitative estimate of drug-likeness (QED) is 0.372. The molecule has 186 valence electrons. The van der Waals surface area contributed by atoms with Crippen LogP contribution in [0.25, 0.3) is 0 Å². The van der Waals surface area contributed by atoms with Gasteiger partial charge in [-0.15, -0.1) is 11.3 Å². The Morgan fingerprint density at radius 3 is 2.49 bits per heavy atom. The molecule has 1 aliphatic heterocycles. The van der Waals surface area contributed by atoms with Crippen molar-refractivity contribution in [1.29, 1.82) is 0 Å². The molecular weight excluding hydrogens is 506 g/mol. The summed E-state index contributed by atoms with van der Waals surface area (Å²) in [6, 6.07) is 17.2. The number of nitrogens with zero attached hydrogens (tertiary/aromatic N) is 1. The van der Waals surface area contributed by atoms with E-state index in [1.807, 2.05) is 18.2 Å². The summed E-state index contributed by atoms with van der Waals surface area (Å²) in [6.45, 7) is 1.15. The number of hydrogen-bond donors (Lipinski definition) is 0. The third-order valence-electron chi connectivity index (χ3n) is 6.47. The number of fused-ring (bicyclic) bond motifs is 1. The van der Waals surface area contributed by atoms with Gasteiger partial charge in [0.25, 0.3) is 10.0 Å². The number of methoxy groups -OCH3 is 1. The van der Waals surface area contributed by atoms with Crippen molar-refractivity contribution in [2.24, 2.45) is 0 Å². The van der Waals surface area contributed by atoms with Gasteiger partial charge < -0.3 is 14.2 Å². The maximum atomic E-state index is 13.5. The summed E-state index contributed by atoms with van der Waals surface area (Å²) >= 11 is 7.10. The van der Waals surface area contributed by atoms with Crippen molar-refractivity contribution in [3.05, 3.63) is 75.6 Å². The summed E-state index contributed by atoms with van der Waals surface area (Å²) in [4.78, 5) is 0. The Labute approximate surface area is 215 Å². The Hall–Kier alpha value is -2.10.